The van der Waals surface area contributed by atoms with Gasteiger partial charge in [0.05, 0.1) is 10.8 Å². The Morgan fingerprint density at radius 3 is 2.72 bits per heavy atom. The first-order valence-corrected chi connectivity index (χ1v) is 7.37. The fraction of sp³-hybridized carbons (Fsp3) is 0.250. The summed E-state index contributed by atoms with van der Waals surface area (Å²) in [6.45, 7) is 0.728. The summed E-state index contributed by atoms with van der Waals surface area (Å²) < 4.78 is 0. The van der Waals surface area contributed by atoms with Crippen LogP contribution in [0, 0.1) is 0 Å². The van der Waals surface area contributed by atoms with Gasteiger partial charge < -0.3 is 4.90 Å². The highest BCUT2D eigenvalue weighted by Crippen LogP contribution is 2.31. The van der Waals surface area contributed by atoms with Crippen molar-refractivity contribution in [1.29, 1.82) is 0 Å². The van der Waals surface area contributed by atoms with Gasteiger partial charge in [-0.15, -0.1) is 11.6 Å². The molecule has 0 aliphatic rings. The summed E-state index contributed by atoms with van der Waals surface area (Å²) >= 11 is 19.2. The van der Waals surface area contributed by atoms with Crippen LogP contribution in [-0.4, -0.2) is 12.0 Å². The second-order valence-electron chi connectivity index (χ2n) is 3.83. The maximum absolute atomic E-state index is 5.98. The summed E-state index contributed by atoms with van der Waals surface area (Å²) in [5.41, 5.74) is 1.13. The highest BCUT2D eigenvalue weighted by molar-refractivity contribution is 7.16. The molecule has 1 aromatic heterocycles. The second-order valence-corrected chi connectivity index (χ2v) is 5.95. The predicted molar refractivity (Wildman–Crippen MR) is 80.2 cm³/mol. The second kappa shape index (κ2) is 6.11. The smallest absolute Gasteiger partial charge is 0.187 e. The molecule has 0 aliphatic heterocycles. The largest absolute Gasteiger partial charge is 0.347 e. The van der Waals surface area contributed by atoms with Gasteiger partial charge in [0.1, 0.15) is 5.15 Å². The first kappa shape index (κ1) is 13.9. The number of hydrogen-bond donors (Lipinski definition) is 0. The Kier molecular flexibility index (Phi) is 4.73. The molecule has 0 N–H and O–H groups in total. The molecular weight excluding hydrogens is 311 g/mol. The Labute approximate surface area is 125 Å². The van der Waals surface area contributed by atoms with Gasteiger partial charge in [-0.3, -0.25) is 0 Å². The van der Waals surface area contributed by atoms with E-state index in [2.05, 4.69) is 4.98 Å². The fourth-order valence-electron chi connectivity index (χ4n) is 1.54. The normalized spacial score (nSPS) is 10.7. The molecule has 2 rings (SSSR count). The third kappa shape index (κ3) is 3.29. The van der Waals surface area contributed by atoms with Gasteiger partial charge >= 0.3 is 0 Å². The first-order valence-electron chi connectivity index (χ1n) is 5.27. The SMILES string of the molecule is CN(Cc1cccc(Cl)c1)c1nc(Cl)c(CCl)s1. The van der Waals surface area contributed by atoms with Crippen molar-refractivity contribution in [3.05, 3.63) is 44.9 Å². The van der Waals surface area contributed by atoms with Crippen molar-refractivity contribution >= 4 is 51.3 Å². The minimum Gasteiger partial charge on any atom is -0.347 e. The number of nitrogens with zero attached hydrogens (tertiary/aromatic N) is 2. The monoisotopic (exact) mass is 320 g/mol. The number of anilines is 1. The summed E-state index contributed by atoms with van der Waals surface area (Å²) in [6, 6.07) is 7.76. The topological polar surface area (TPSA) is 16.1 Å². The first-order chi connectivity index (χ1) is 8.60. The standard InChI is InChI=1S/C12H11Cl3N2S/c1-17(7-8-3-2-4-9(14)5-8)12-16-11(15)10(6-13)18-12/h2-5H,6-7H2,1H3. The number of thiazole rings is 1. The molecule has 2 nitrogen and oxygen atoms in total. The number of alkyl halides is 1. The molecule has 0 spiro atoms. The average molecular weight is 322 g/mol. The maximum atomic E-state index is 5.98. The molecule has 0 fully saturated rings. The van der Waals surface area contributed by atoms with E-state index in [0.29, 0.717) is 11.0 Å². The van der Waals surface area contributed by atoms with E-state index in [1.54, 1.807) is 0 Å². The zero-order chi connectivity index (χ0) is 13.1. The van der Waals surface area contributed by atoms with E-state index in [0.717, 1.165) is 27.1 Å². The van der Waals surface area contributed by atoms with Crippen LogP contribution in [0.15, 0.2) is 24.3 Å². The van der Waals surface area contributed by atoms with Gasteiger partial charge in [-0.1, -0.05) is 46.7 Å². The Balaban J connectivity index is 2.13. The molecule has 0 radical (unpaired) electrons. The minimum absolute atomic E-state index is 0.390. The summed E-state index contributed by atoms with van der Waals surface area (Å²) in [5.74, 6) is 0.390. The van der Waals surface area contributed by atoms with Gasteiger partial charge in [-0.2, -0.15) is 0 Å². The van der Waals surface area contributed by atoms with E-state index in [1.165, 1.54) is 11.3 Å². The van der Waals surface area contributed by atoms with Crippen LogP contribution in [0.5, 0.6) is 0 Å². The van der Waals surface area contributed by atoms with Crippen LogP contribution >= 0.6 is 46.1 Å². The molecule has 0 aliphatic carbocycles. The van der Waals surface area contributed by atoms with E-state index < -0.39 is 0 Å². The van der Waals surface area contributed by atoms with Crippen molar-refractivity contribution in [2.45, 2.75) is 12.4 Å². The van der Waals surface area contributed by atoms with Gasteiger partial charge in [-0.25, -0.2) is 4.98 Å². The molecule has 0 atom stereocenters. The quantitative estimate of drug-likeness (QED) is 0.750. The lowest BCUT2D eigenvalue weighted by Gasteiger charge is -2.15. The Morgan fingerprint density at radius 2 is 2.11 bits per heavy atom. The van der Waals surface area contributed by atoms with E-state index in [-0.39, 0.29) is 0 Å². The average Bonchev–Trinajstić information content (AvgIpc) is 2.70. The molecule has 6 heteroatoms. The lowest BCUT2D eigenvalue weighted by atomic mass is 10.2. The van der Waals surface area contributed by atoms with Crippen LogP contribution in [0.2, 0.25) is 10.2 Å². The summed E-state index contributed by atoms with van der Waals surface area (Å²) in [6.07, 6.45) is 0. The summed E-state index contributed by atoms with van der Waals surface area (Å²) in [4.78, 5) is 7.21. The van der Waals surface area contributed by atoms with Crippen molar-refractivity contribution in [2.75, 3.05) is 11.9 Å². The van der Waals surface area contributed by atoms with Gasteiger partial charge in [0.2, 0.25) is 0 Å². The van der Waals surface area contributed by atoms with E-state index in [9.17, 15) is 0 Å². The molecule has 1 heterocycles. The van der Waals surface area contributed by atoms with Crippen molar-refractivity contribution in [2.24, 2.45) is 0 Å². The Bertz CT molecular complexity index is 542. The van der Waals surface area contributed by atoms with Crippen molar-refractivity contribution in [3.63, 3.8) is 0 Å². The van der Waals surface area contributed by atoms with Crippen molar-refractivity contribution in [1.82, 2.24) is 4.98 Å². The zero-order valence-electron chi connectivity index (χ0n) is 9.66. The number of aromatic nitrogens is 1. The van der Waals surface area contributed by atoms with Crippen LogP contribution in [0.25, 0.3) is 0 Å². The highest BCUT2D eigenvalue weighted by Gasteiger charge is 2.12. The van der Waals surface area contributed by atoms with Crippen molar-refractivity contribution < 1.29 is 0 Å². The molecule has 0 unspecified atom stereocenters. The molecule has 96 valence electrons. The number of hydrogen-bond acceptors (Lipinski definition) is 3. The number of benzene rings is 1. The van der Waals surface area contributed by atoms with Crippen LogP contribution in [-0.2, 0) is 12.4 Å². The van der Waals surface area contributed by atoms with Gasteiger partial charge in [0.25, 0.3) is 0 Å². The maximum Gasteiger partial charge on any atom is 0.187 e. The van der Waals surface area contributed by atoms with Crippen LogP contribution in [0.4, 0.5) is 5.13 Å². The third-order valence-electron chi connectivity index (χ3n) is 2.40. The molecule has 2 aromatic rings. The van der Waals surface area contributed by atoms with Gasteiger partial charge in [-0.05, 0) is 17.7 Å². The lowest BCUT2D eigenvalue weighted by Crippen LogP contribution is -2.15. The molecule has 0 amide bonds. The molecule has 0 bridgehead atoms. The molecule has 0 saturated carbocycles. The molecule has 0 saturated heterocycles. The highest BCUT2D eigenvalue weighted by atomic mass is 35.5. The Morgan fingerprint density at radius 1 is 1.33 bits per heavy atom. The van der Waals surface area contributed by atoms with Crippen LogP contribution < -0.4 is 4.90 Å². The summed E-state index contributed by atoms with van der Waals surface area (Å²) in [5, 5.41) is 2.08. The summed E-state index contributed by atoms with van der Waals surface area (Å²) in [7, 11) is 1.97. The van der Waals surface area contributed by atoms with Gasteiger partial charge in [0.15, 0.2) is 5.13 Å². The predicted octanol–water partition coefficient (Wildman–Crippen LogP) is 4.83. The van der Waals surface area contributed by atoms with Crippen molar-refractivity contribution in [3.8, 4) is 0 Å². The molecule has 1 aromatic carbocycles. The third-order valence-corrected chi connectivity index (χ3v) is 4.65. The Hall–Kier alpha value is -0.480. The number of halogens is 3. The fourth-order valence-corrected chi connectivity index (χ4v) is 3.19. The lowest BCUT2D eigenvalue weighted by molar-refractivity contribution is 0.915. The van der Waals surface area contributed by atoms with Crippen LogP contribution in [0.1, 0.15) is 10.4 Å². The van der Waals surface area contributed by atoms with Gasteiger partial charge in [0, 0.05) is 18.6 Å². The molecular formula is C12H11Cl3N2S. The minimum atomic E-state index is 0.390. The van der Waals surface area contributed by atoms with E-state index in [4.69, 9.17) is 34.8 Å². The zero-order valence-corrected chi connectivity index (χ0v) is 12.7. The van der Waals surface area contributed by atoms with E-state index in [1.807, 2.05) is 36.2 Å². The molecule has 18 heavy (non-hydrogen) atoms. The number of rotatable bonds is 4. The van der Waals surface area contributed by atoms with E-state index >= 15 is 0 Å². The van der Waals surface area contributed by atoms with Crippen LogP contribution in [0.3, 0.4) is 0 Å².